The Balaban J connectivity index is 0. The summed E-state index contributed by atoms with van der Waals surface area (Å²) in [4.78, 5) is 0. The topological polar surface area (TPSA) is 104 Å². The first-order chi connectivity index (χ1) is 5.10. The molecule has 0 fully saturated rings. The van der Waals surface area contributed by atoms with Crippen molar-refractivity contribution in [2.75, 3.05) is 0 Å². The van der Waals surface area contributed by atoms with E-state index in [4.69, 9.17) is 0 Å². The molecule has 1 radical (unpaired) electrons. The molecule has 13 heavy (non-hydrogen) atoms. The van der Waals surface area contributed by atoms with Crippen LogP contribution in [-0.4, -0.2) is 39.9 Å². The quantitative estimate of drug-likeness (QED) is 0.450. The van der Waals surface area contributed by atoms with Crippen LogP contribution in [0.3, 0.4) is 0 Å². The minimum Gasteiger partial charge on any atom is -0.195 e. The van der Waals surface area contributed by atoms with Crippen LogP contribution in [0, 0.1) is 0 Å². The molecule has 0 aromatic carbocycles. The smallest absolute Gasteiger partial charge is 0.195 e. The molecule has 0 unspecified atom stereocenters. The van der Waals surface area contributed by atoms with Crippen LogP contribution in [0.4, 0.5) is 7.77 Å². The Morgan fingerprint density at radius 2 is 1.15 bits per heavy atom. The standard InChI is InChI=1S/F2O7S3.Li/c1-11(4,5)8-10(3)9-12(2,6)7;. The average Bonchev–Trinajstić information content (AvgIpc) is 1.49. The van der Waals surface area contributed by atoms with Gasteiger partial charge in [0.2, 0.25) is 0 Å². The predicted molar refractivity (Wildman–Crippen MR) is 36.1 cm³/mol. The molecule has 0 atom stereocenters. The van der Waals surface area contributed by atoms with Gasteiger partial charge in [0.1, 0.15) is 0 Å². The molecule has 0 saturated carbocycles. The minimum atomic E-state index is -5.65. The van der Waals surface area contributed by atoms with Crippen LogP contribution >= 0.6 is 0 Å². The van der Waals surface area contributed by atoms with Crippen LogP contribution in [-0.2, 0) is 39.6 Å². The van der Waals surface area contributed by atoms with Gasteiger partial charge in [0.15, 0.2) is 0 Å². The first-order valence-electron chi connectivity index (χ1n) is 1.81. The molecule has 0 aromatic rings. The molecular formula is F2LiO7S3. The normalized spacial score (nSPS) is 12.5. The molecule has 13 heteroatoms. The number of hydrogen-bond acceptors (Lipinski definition) is 7. The van der Waals surface area contributed by atoms with E-state index < -0.39 is 32.4 Å². The predicted octanol–water partition coefficient (Wildman–Crippen LogP) is -1.35. The third-order valence-corrected chi connectivity index (χ3v) is 2.46. The van der Waals surface area contributed by atoms with Gasteiger partial charge in [-0.05, 0) is 0 Å². The molecule has 0 aliphatic rings. The fourth-order valence-electron chi connectivity index (χ4n) is 0.144. The summed E-state index contributed by atoms with van der Waals surface area (Å²) in [7, 11) is -11.3. The molecule has 0 bridgehead atoms. The summed E-state index contributed by atoms with van der Waals surface area (Å²) < 4.78 is 75.9. The zero-order valence-corrected chi connectivity index (χ0v) is 8.29. The summed E-state index contributed by atoms with van der Waals surface area (Å²) in [5, 5.41) is 0. The average molecular weight is 253 g/mol. The monoisotopic (exact) mass is 253 g/mol. The van der Waals surface area contributed by atoms with Crippen LogP contribution in [0.25, 0.3) is 0 Å². The van der Waals surface area contributed by atoms with E-state index in [2.05, 4.69) is 7.26 Å². The summed E-state index contributed by atoms with van der Waals surface area (Å²) in [5.74, 6) is 0. The van der Waals surface area contributed by atoms with Crippen molar-refractivity contribution < 1.29 is 36.1 Å². The number of halogens is 2. The Hall–Kier alpha value is 0.427. The van der Waals surface area contributed by atoms with E-state index >= 15 is 0 Å². The van der Waals surface area contributed by atoms with E-state index in [1.807, 2.05) is 0 Å². The molecule has 0 N–H and O–H groups in total. The van der Waals surface area contributed by atoms with Gasteiger partial charge in [-0.15, -0.1) is 7.26 Å². The summed E-state index contributed by atoms with van der Waals surface area (Å²) in [6.45, 7) is 0. The maximum Gasteiger partial charge on any atom is 0.452 e. The Morgan fingerprint density at radius 3 is 1.31 bits per heavy atom. The Morgan fingerprint density at radius 1 is 0.923 bits per heavy atom. The SMILES string of the molecule is O=S(OS(=O)(=O)F)OS(=O)(=O)F.[Li]. The van der Waals surface area contributed by atoms with Gasteiger partial charge in [0.25, 0.3) is 0 Å². The maximum absolute atomic E-state index is 11.4. The fourth-order valence-corrected chi connectivity index (χ4v) is 1.50. The molecule has 7 nitrogen and oxygen atoms in total. The van der Waals surface area contributed by atoms with Crippen molar-refractivity contribution in [3.63, 3.8) is 0 Å². The first kappa shape index (κ1) is 15.9. The first-order valence-corrected chi connectivity index (χ1v) is 5.43. The van der Waals surface area contributed by atoms with Crippen molar-refractivity contribution in [2.24, 2.45) is 0 Å². The van der Waals surface area contributed by atoms with Gasteiger partial charge >= 0.3 is 32.4 Å². The second-order valence-electron chi connectivity index (χ2n) is 1.13. The molecule has 0 heterocycles. The Bertz CT molecular complexity index is 329. The van der Waals surface area contributed by atoms with Crippen LogP contribution in [0.2, 0.25) is 0 Å². The van der Waals surface area contributed by atoms with Crippen molar-refractivity contribution in [1.82, 2.24) is 0 Å². The summed E-state index contributed by atoms with van der Waals surface area (Å²) >= 11 is -3.58. The van der Waals surface area contributed by atoms with Gasteiger partial charge in [0, 0.05) is 18.9 Å². The van der Waals surface area contributed by atoms with Crippen molar-refractivity contribution in [3.05, 3.63) is 0 Å². The van der Waals surface area contributed by atoms with E-state index in [1.165, 1.54) is 0 Å². The molecular weight excluding hydrogens is 253 g/mol. The van der Waals surface area contributed by atoms with Crippen LogP contribution in [0.1, 0.15) is 0 Å². The molecule has 75 valence electrons. The second-order valence-corrected chi connectivity index (χ2v) is 4.20. The third-order valence-electron chi connectivity index (χ3n) is 0.274. The summed E-state index contributed by atoms with van der Waals surface area (Å²) in [6, 6.07) is 0. The van der Waals surface area contributed by atoms with Gasteiger partial charge in [-0.3, -0.25) is 0 Å². The van der Waals surface area contributed by atoms with Crippen molar-refractivity contribution in [1.29, 1.82) is 0 Å². The summed E-state index contributed by atoms with van der Waals surface area (Å²) in [5.41, 5.74) is 0. The van der Waals surface area contributed by atoms with Crippen molar-refractivity contribution in [3.8, 4) is 0 Å². The largest absolute Gasteiger partial charge is 0.452 e. The second kappa shape index (κ2) is 5.34. The van der Waals surface area contributed by atoms with Gasteiger partial charge in [-0.2, -0.15) is 21.0 Å². The van der Waals surface area contributed by atoms with E-state index in [-0.39, 0.29) is 18.9 Å². The van der Waals surface area contributed by atoms with Gasteiger partial charge in [0.05, 0.1) is 0 Å². The zero-order chi connectivity index (χ0) is 9.99. The van der Waals surface area contributed by atoms with Crippen molar-refractivity contribution in [2.45, 2.75) is 0 Å². The van der Waals surface area contributed by atoms with Crippen molar-refractivity contribution >= 4 is 51.2 Å². The molecule has 0 amide bonds. The molecule has 0 saturated heterocycles. The molecule has 0 aromatic heterocycles. The molecule has 0 spiro atoms. The Labute approximate surface area is 87.3 Å². The van der Waals surface area contributed by atoms with Gasteiger partial charge in [-0.25, -0.2) is 0 Å². The van der Waals surface area contributed by atoms with Gasteiger partial charge in [-0.1, -0.05) is 7.77 Å². The molecule has 0 rings (SSSR count). The molecule has 0 aliphatic carbocycles. The zero-order valence-electron chi connectivity index (χ0n) is 5.84. The Kier molecular flexibility index (Phi) is 6.53. The van der Waals surface area contributed by atoms with Crippen LogP contribution < -0.4 is 0 Å². The fraction of sp³-hybridized carbons (Fsp3) is 0. The number of hydrogen-bond donors (Lipinski definition) is 0. The van der Waals surface area contributed by atoms with Crippen LogP contribution in [0.5, 0.6) is 0 Å². The van der Waals surface area contributed by atoms with E-state index in [0.29, 0.717) is 0 Å². The van der Waals surface area contributed by atoms with E-state index in [1.54, 1.807) is 0 Å². The van der Waals surface area contributed by atoms with Crippen LogP contribution in [0.15, 0.2) is 0 Å². The van der Waals surface area contributed by atoms with E-state index in [9.17, 15) is 28.8 Å². The van der Waals surface area contributed by atoms with E-state index in [0.717, 1.165) is 0 Å². The summed E-state index contributed by atoms with van der Waals surface area (Å²) in [6.07, 6.45) is 0. The maximum atomic E-state index is 11.4. The minimum absolute atomic E-state index is 0. The van der Waals surface area contributed by atoms with Gasteiger partial charge < -0.3 is 0 Å². The third kappa shape index (κ3) is 12.4. The molecule has 0 aliphatic heterocycles. The number of rotatable bonds is 4.